The Hall–Kier alpha value is -6.32. The number of ether oxygens (including phenoxy) is 10. The zero-order valence-corrected chi connectivity index (χ0v) is 44.5. The predicted octanol–water partition coefficient (Wildman–Crippen LogP) is 13.6. The van der Waals surface area contributed by atoms with Crippen LogP contribution < -0.4 is 18.9 Å². The summed E-state index contributed by atoms with van der Waals surface area (Å²) in [6.07, 6.45) is 23.5. The van der Waals surface area contributed by atoms with Crippen molar-refractivity contribution in [2.45, 2.75) is 154 Å². The van der Waals surface area contributed by atoms with Crippen molar-refractivity contribution in [2.24, 2.45) is 0 Å². The summed E-state index contributed by atoms with van der Waals surface area (Å²) in [6, 6.07) is 28.1. The highest BCUT2D eigenvalue weighted by Crippen LogP contribution is 2.23. The van der Waals surface area contributed by atoms with Crippen LogP contribution in [0.3, 0.4) is 0 Å². The van der Waals surface area contributed by atoms with E-state index in [9.17, 15) is 19.2 Å². The molecule has 0 amide bonds. The van der Waals surface area contributed by atoms with E-state index in [0.717, 1.165) is 62.5 Å². The smallest absolute Gasteiger partial charge is 0.343 e. The van der Waals surface area contributed by atoms with E-state index in [1.54, 1.807) is 72.8 Å². The summed E-state index contributed by atoms with van der Waals surface area (Å²) in [6.45, 7) is 10.1. The van der Waals surface area contributed by atoms with Crippen LogP contribution in [-0.4, -0.2) is 76.1 Å². The Morgan fingerprint density at radius 3 is 1.00 bits per heavy atom. The second kappa shape index (κ2) is 37.4. The molecule has 0 aliphatic carbocycles. The molecule has 1 aliphatic heterocycles. The van der Waals surface area contributed by atoms with Gasteiger partial charge < -0.3 is 47.4 Å². The lowest BCUT2D eigenvalue weighted by atomic mass is 10.1. The van der Waals surface area contributed by atoms with Crippen LogP contribution in [0.25, 0.3) is 0 Å². The van der Waals surface area contributed by atoms with Gasteiger partial charge in [-0.1, -0.05) is 140 Å². The van der Waals surface area contributed by atoms with Gasteiger partial charge in [-0.2, -0.15) is 0 Å². The molecule has 0 saturated carbocycles. The first kappa shape index (κ1) is 60.5. The van der Waals surface area contributed by atoms with Gasteiger partial charge in [0.1, 0.15) is 23.0 Å². The second-order valence-corrected chi connectivity index (χ2v) is 18.7. The SMILES string of the molecule is C=CC(=O)OCCCCCCCCCCCCOc1ccc(C(=O)Oc2ccc(CO[C@H]3OCCO[C@@H]3OCc3ccc(OC(=O)c4ccc(OCCCCCCCCCCCCOC(=O)C=C)cc4)cc3)cc2)cc1. The summed E-state index contributed by atoms with van der Waals surface area (Å²) in [7, 11) is 0. The molecule has 0 radical (unpaired) electrons. The van der Waals surface area contributed by atoms with E-state index < -0.39 is 24.5 Å². The molecule has 14 heteroatoms. The Morgan fingerprint density at radius 2 is 0.684 bits per heavy atom. The lowest BCUT2D eigenvalue weighted by Crippen LogP contribution is -2.41. The summed E-state index contributed by atoms with van der Waals surface area (Å²) in [5.74, 6) is 0.612. The number of esters is 4. The van der Waals surface area contributed by atoms with Gasteiger partial charge >= 0.3 is 23.9 Å². The van der Waals surface area contributed by atoms with E-state index in [1.165, 1.54) is 89.2 Å². The first-order valence-corrected chi connectivity index (χ1v) is 27.4. The van der Waals surface area contributed by atoms with Crippen molar-refractivity contribution in [2.75, 3.05) is 39.6 Å². The minimum atomic E-state index is -0.764. The molecule has 2 atom stereocenters. The maximum absolute atomic E-state index is 12.9. The Labute approximate surface area is 450 Å². The highest BCUT2D eigenvalue weighted by Gasteiger charge is 2.29. The summed E-state index contributed by atoms with van der Waals surface area (Å²) in [4.78, 5) is 47.9. The van der Waals surface area contributed by atoms with E-state index in [0.29, 0.717) is 73.8 Å². The van der Waals surface area contributed by atoms with Crippen LogP contribution in [0, 0.1) is 0 Å². The molecule has 0 unspecified atom stereocenters. The zero-order valence-electron chi connectivity index (χ0n) is 44.5. The van der Waals surface area contributed by atoms with E-state index >= 15 is 0 Å². The van der Waals surface area contributed by atoms with Gasteiger partial charge in [0.05, 0.1) is 64.0 Å². The molecule has 1 heterocycles. The normalized spacial score (nSPS) is 14.1. The number of benzene rings is 4. The summed E-state index contributed by atoms with van der Waals surface area (Å²) in [5.41, 5.74) is 2.53. The van der Waals surface area contributed by atoms with Gasteiger partial charge in [-0.25, -0.2) is 19.2 Å². The van der Waals surface area contributed by atoms with Crippen molar-refractivity contribution in [3.05, 3.63) is 145 Å². The quantitative estimate of drug-likeness (QED) is 0.0179. The number of rotatable bonds is 40. The Balaban J connectivity index is 0.885. The number of hydrogen-bond donors (Lipinski definition) is 0. The van der Waals surface area contributed by atoms with E-state index in [-0.39, 0.29) is 25.2 Å². The molecular weight excluding hydrogens is 969 g/mol. The average molecular weight is 1050 g/mol. The van der Waals surface area contributed by atoms with Crippen molar-refractivity contribution in [3.63, 3.8) is 0 Å². The van der Waals surface area contributed by atoms with Gasteiger partial charge in [-0.05, 0) is 110 Å². The minimum absolute atomic E-state index is 0.212. The molecule has 0 aromatic heterocycles. The Kier molecular flexibility index (Phi) is 29.8. The van der Waals surface area contributed by atoms with Crippen LogP contribution in [0.4, 0.5) is 0 Å². The number of carbonyl (C=O) groups is 4. The van der Waals surface area contributed by atoms with Gasteiger partial charge in [0.25, 0.3) is 0 Å². The molecule has 1 saturated heterocycles. The van der Waals surface area contributed by atoms with E-state index in [2.05, 4.69) is 13.2 Å². The molecule has 5 rings (SSSR count). The standard InChI is InChI=1S/C62H80O14/c1-3-57(63)69-43-23-19-15-11-7-5-9-13-17-21-41-67-53-37-29-51(30-38-53)59(65)75-55-33-25-49(26-34-55)47-73-61-62(72-46-45-71-61)74-48-50-27-35-56(36-28-50)76-60(66)52-31-39-54(40-32-52)68-42-22-18-14-10-6-8-12-16-20-24-44-70-58(64)4-2/h3-4,25-40,61-62H,1-2,5-24,41-48H2/t61-,62-/m1/s1. The van der Waals surface area contributed by atoms with Crippen LogP contribution in [0.1, 0.15) is 160 Å². The highest BCUT2D eigenvalue weighted by atomic mass is 16.8. The van der Waals surface area contributed by atoms with Crippen molar-refractivity contribution < 1.29 is 66.5 Å². The first-order valence-electron chi connectivity index (χ1n) is 27.4. The topological polar surface area (TPSA) is 161 Å². The van der Waals surface area contributed by atoms with Crippen molar-refractivity contribution in [1.82, 2.24) is 0 Å². The van der Waals surface area contributed by atoms with Gasteiger partial charge in [-0.3, -0.25) is 0 Å². The van der Waals surface area contributed by atoms with E-state index in [1.807, 2.05) is 24.3 Å². The van der Waals surface area contributed by atoms with Gasteiger partial charge in [0.2, 0.25) is 12.6 Å². The van der Waals surface area contributed by atoms with Crippen LogP contribution in [-0.2, 0) is 51.2 Å². The third-order valence-corrected chi connectivity index (χ3v) is 12.6. The third-order valence-electron chi connectivity index (χ3n) is 12.6. The monoisotopic (exact) mass is 1050 g/mol. The summed E-state index contributed by atoms with van der Waals surface area (Å²) < 4.78 is 56.8. The minimum Gasteiger partial charge on any atom is -0.494 e. The van der Waals surface area contributed by atoms with Crippen molar-refractivity contribution in [1.29, 1.82) is 0 Å². The number of unbranched alkanes of at least 4 members (excludes halogenated alkanes) is 18. The fourth-order valence-electron chi connectivity index (χ4n) is 8.19. The summed E-state index contributed by atoms with van der Waals surface area (Å²) >= 11 is 0. The molecule has 412 valence electrons. The molecule has 1 fully saturated rings. The van der Waals surface area contributed by atoms with Crippen LogP contribution in [0.15, 0.2) is 122 Å². The lowest BCUT2D eigenvalue weighted by Gasteiger charge is -2.31. The third kappa shape index (κ3) is 25.5. The number of hydrogen-bond acceptors (Lipinski definition) is 14. The largest absolute Gasteiger partial charge is 0.494 e. The van der Waals surface area contributed by atoms with Crippen molar-refractivity contribution >= 4 is 23.9 Å². The second-order valence-electron chi connectivity index (χ2n) is 18.7. The fraction of sp³-hybridized carbons (Fsp3) is 0.484. The summed E-state index contributed by atoms with van der Waals surface area (Å²) in [5, 5.41) is 0. The number of carbonyl (C=O) groups excluding carboxylic acids is 4. The molecule has 1 aliphatic rings. The Bertz CT molecular complexity index is 2100. The molecule has 0 N–H and O–H groups in total. The molecule has 76 heavy (non-hydrogen) atoms. The van der Waals surface area contributed by atoms with Crippen LogP contribution in [0.5, 0.6) is 23.0 Å². The fourth-order valence-corrected chi connectivity index (χ4v) is 8.19. The highest BCUT2D eigenvalue weighted by molar-refractivity contribution is 5.91. The van der Waals surface area contributed by atoms with Gasteiger partial charge in [-0.15, -0.1) is 0 Å². The zero-order chi connectivity index (χ0) is 53.7. The molecule has 14 nitrogen and oxygen atoms in total. The maximum atomic E-state index is 12.9. The Morgan fingerprint density at radius 1 is 0.395 bits per heavy atom. The van der Waals surface area contributed by atoms with Crippen LogP contribution in [0.2, 0.25) is 0 Å². The van der Waals surface area contributed by atoms with Gasteiger partial charge in [0.15, 0.2) is 0 Å². The van der Waals surface area contributed by atoms with E-state index in [4.69, 9.17) is 47.4 Å². The molecule has 0 spiro atoms. The van der Waals surface area contributed by atoms with Gasteiger partial charge in [0, 0.05) is 12.2 Å². The van der Waals surface area contributed by atoms with Crippen molar-refractivity contribution in [3.8, 4) is 23.0 Å². The lowest BCUT2D eigenvalue weighted by molar-refractivity contribution is -0.326. The predicted molar refractivity (Wildman–Crippen MR) is 290 cm³/mol. The first-order chi connectivity index (χ1) is 37.3. The molecule has 4 aromatic carbocycles. The maximum Gasteiger partial charge on any atom is 0.343 e. The average Bonchev–Trinajstić information content (AvgIpc) is 3.45. The molecule has 4 aromatic rings. The molecule has 0 bridgehead atoms. The molecular formula is C62H80O14. The van der Waals surface area contributed by atoms with Crippen LogP contribution >= 0.6 is 0 Å².